The number of amides is 2. The molecule has 1 fully saturated rings. The van der Waals surface area contributed by atoms with Gasteiger partial charge in [-0.15, -0.1) is 0 Å². The molecular formula is C33H35F2N5O4. The molecular weight excluding hydrogens is 568 g/mol. The second-order valence-corrected chi connectivity index (χ2v) is 10.5. The first-order chi connectivity index (χ1) is 21.4. The van der Waals surface area contributed by atoms with E-state index in [1.54, 1.807) is 50.6 Å². The zero-order chi connectivity index (χ0) is 30.9. The van der Waals surface area contributed by atoms with Crippen LogP contribution in [0.2, 0.25) is 0 Å². The molecule has 0 radical (unpaired) electrons. The molecule has 9 nitrogen and oxygen atoms in total. The smallest absolute Gasteiger partial charge is 0.339 e. The van der Waals surface area contributed by atoms with E-state index in [2.05, 4.69) is 25.7 Å². The summed E-state index contributed by atoms with van der Waals surface area (Å²) < 4.78 is 46.0. The molecule has 0 spiro atoms. The van der Waals surface area contributed by atoms with E-state index in [1.807, 2.05) is 0 Å². The molecule has 44 heavy (non-hydrogen) atoms. The van der Waals surface area contributed by atoms with Crippen LogP contribution in [0, 0.1) is 18.6 Å². The van der Waals surface area contributed by atoms with Crippen molar-refractivity contribution in [1.29, 1.82) is 0 Å². The number of benzene rings is 3. The molecule has 230 valence electrons. The third kappa shape index (κ3) is 7.99. The van der Waals surface area contributed by atoms with Gasteiger partial charge in [0.15, 0.2) is 23.1 Å². The molecule has 2 heterocycles. The number of carbonyl (C=O) groups is 1. The number of halogens is 2. The Morgan fingerprint density at radius 2 is 1.84 bits per heavy atom. The number of nitrogens with zero attached hydrogens (tertiary/aromatic N) is 3. The highest BCUT2D eigenvalue weighted by Crippen LogP contribution is 2.37. The molecule has 3 aromatic carbocycles. The molecule has 2 N–H and O–H groups in total. The molecule has 0 bridgehead atoms. The summed E-state index contributed by atoms with van der Waals surface area (Å²) in [4.78, 5) is 19.0. The van der Waals surface area contributed by atoms with Crippen LogP contribution in [0.3, 0.4) is 0 Å². The Morgan fingerprint density at radius 1 is 1.00 bits per heavy atom. The molecule has 5 rings (SSSR count). The summed E-state index contributed by atoms with van der Waals surface area (Å²) in [6, 6.07) is 12.9. The number of methoxy groups -OCH3 is 1. The van der Waals surface area contributed by atoms with Gasteiger partial charge in [-0.25, -0.2) is 19.0 Å². The standard InChI is InChI=1S/C33H35F2N5O4/c1-22-7-9-24(34)18-27(22)38-33(41)39-37-21-23-8-10-30(26(35)17-23)44-29-11-12-36-28-20-32(31(42-2)19-25(28)29)43-16-6-15-40-13-4-3-5-14-40/h7-12,17-21H,3-6,13-16H2,1-2H3,(H2,38,39,41)/b37-21+. The van der Waals surface area contributed by atoms with Gasteiger partial charge in [-0.3, -0.25) is 4.98 Å². The van der Waals surface area contributed by atoms with E-state index in [0.717, 1.165) is 26.1 Å². The van der Waals surface area contributed by atoms with Gasteiger partial charge in [-0.2, -0.15) is 5.10 Å². The zero-order valence-corrected chi connectivity index (χ0v) is 24.7. The van der Waals surface area contributed by atoms with Gasteiger partial charge in [0, 0.05) is 29.9 Å². The van der Waals surface area contributed by atoms with Crippen molar-refractivity contribution >= 4 is 28.8 Å². The Labute approximate surface area is 254 Å². The number of carbonyl (C=O) groups excluding carboxylic acids is 1. The lowest BCUT2D eigenvalue weighted by Crippen LogP contribution is -2.31. The number of rotatable bonds is 11. The van der Waals surface area contributed by atoms with Crippen molar-refractivity contribution in [1.82, 2.24) is 15.3 Å². The van der Waals surface area contributed by atoms with Crippen molar-refractivity contribution < 1.29 is 27.8 Å². The van der Waals surface area contributed by atoms with Crippen molar-refractivity contribution in [2.45, 2.75) is 32.6 Å². The van der Waals surface area contributed by atoms with Gasteiger partial charge in [0.2, 0.25) is 0 Å². The Hall–Kier alpha value is -4.77. The Balaban J connectivity index is 1.21. The van der Waals surface area contributed by atoms with E-state index >= 15 is 4.39 Å². The Kier molecular flexibility index (Phi) is 10.2. The van der Waals surface area contributed by atoms with E-state index in [9.17, 15) is 9.18 Å². The number of piperidine rings is 1. The van der Waals surface area contributed by atoms with Gasteiger partial charge in [0.1, 0.15) is 11.6 Å². The van der Waals surface area contributed by atoms with Crippen LogP contribution in [0.1, 0.15) is 36.8 Å². The summed E-state index contributed by atoms with van der Waals surface area (Å²) in [5.41, 5.74) is 4.30. The molecule has 0 saturated carbocycles. The number of ether oxygens (including phenoxy) is 3. The van der Waals surface area contributed by atoms with E-state index in [4.69, 9.17) is 14.2 Å². The quantitative estimate of drug-likeness (QED) is 0.109. The van der Waals surface area contributed by atoms with Crippen molar-refractivity contribution in [3.05, 3.63) is 83.6 Å². The second-order valence-electron chi connectivity index (χ2n) is 10.5. The third-order valence-electron chi connectivity index (χ3n) is 7.32. The van der Waals surface area contributed by atoms with Crippen molar-refractivity contribution in [3.8, 4) is 23.0 Å². The van der Waals surface area contributed by atoms with Crippen LogP contribution in [0.5, 0.6) is 23.0 Å². The average Bonchev–Trinajstić information content (AvgIpc) is 3.02. The molecule has 11 heteroatoms. The molecule has 0 aliphatic carbocycles. The third-order valence-corrected chi connectivity index (χ3v) is 7.32. The fourth-order valence-corrected chi connectivity index (χ4v) is 4.99. The first-order valence-electron chi connectivity index (χ1n) is 14.5. The number of urea groups is 1. The van der Waals surface area contributed by atoms with E-state index in [1.165, 1.54) is 49.7 Å². The number of nitrogens with one attached hydrogen (secondary N) is 2. The highest BCUT2D eigenvalue weighted by Gasteiger charge is 2.15. The Morgan fingerprint density at radius 3 is 2.64 bits per heavy atom. The molecule has 1 saturated heterocycles. The van der Waals surface area contributed by atoms with Crippen molar-refractivity contribution in [2.75, 3.05) is 38.7 Å². The molecule has 0 unspecified atom stereocenters. The Bertz CT molecular complexity index is 1640. The van der Waals surface area contributed by atoms with Crippen LogP contribution in [0.15, 0.2) is 65.9 Å². The monoisotopic (exact) mass is 603 g/mol. The van der Waals surface area contributed by atoms with Gasteiger partial charge in [0.25, 0.3) is 0 Å². The number of hydrogen-bond donors (Lipinski definition) is 2. The minimum atomic E-state index is -0.665. The number of hydrogen-bond acceptors (Lipinski definition) is 7. The van der Waals surface area contributed by atoms with Crippen LogP contribution < -0.4 is 25.0 Å². The zero-order valence-electron chi connectivity index (χ0n) is 24.7. The van der Waals surface area contributed by atoms with E-state index in [0.29, 0.717) is 51.6 Å². The predicted octanol–water partition coefficient (Wildman–Crippen LogP) is 7.03. The first kappa shape index (κ1) is 30.7. The number of fused-ring (bicyclic) bond motifs is 1. The molecule has 1 aromatic heterocycles. The lowest BCUT2D eigenvalue weighted by Gasteiger charge is -2.26. The lowest BCUT2D eigenvalue weighted by atomic mass is 10.1. The number of aryl methyl sites for hydroxylation is 1. The minimum Gasteiger partial charge on any atom is -0.493 e. The largest absolute Gasteiger partial charge is 0.493 e. The van der Waals surface area contributed by atoms with Crippen molar-refractivity contribution in [3.63, 3.8) is 0 Å². The summed E-state index contributed by atoms with van der Waals surface area (Å²) in [7, 11) is 1.57. The van der Waals surface area contributed by atoms with Gasteiger partial charge in [-0.05, 0) is 92.9 Å². The van der Waals surface area contributed by atoms with E-state index in [-0.39, 0.29) is 5.75 Å². The summed E-state index contributed by atoms with van der Waals surface area (Å²) in [6.45, 7) is 5.60. The second kappa shape index (κ2) is 14.6. The van der Waals surface area contributed by atoms with Crippen molar-refractivity contribution in [2.24, 2.45) is 5.10 Å². The number of aromatic nitrogens is 1. The fourth-order valence-electron chi connectivity index (χ4n) is 4.99. The summed E-state index contributed by atoms with van der Waals surface area (Å²) >= 11 is 0. The van der Waals surface area contributed by atoms with Gasteiger partial charge in [-0.1, -0.05) is 12.5 Å². The summed E-state index contributed by atoms with van der Waals surface area (Å²) in [6.07, 6.45) is 7.62. The molecule has 0 atom stereocenters. The SMILES string of the molecule is COc1cc2c(Oc3ccc(/C=N/NC(=O)Nc4cc(F)ccc4C)cc3F)ccnc2cc1OCCCN1CCCCC1. The van der Waals surface area contributed by atoms with Crippen LogP contribution in [0.25, 0.3) is 10.9 Å². The number of hydrazone groups is 1. The van der Waals surface area contributed by atoms with Crippen LogP contribution in [0.4, 0.5) is 19.3 Å². The normalized spacial score (nSPS) is 13.6. The highest BCUT2D eigenvalue weighted by atomic mass is 19.1. The number of pyridine rings is 1. The molecule has 2 amide bonds. The van der Waals surface area contributed by atoms with Crippen LogP contribution in [-0.2, 0) is 0 Å². The first-order valence-corrected chi connectivity index (χ1v) is 14.5. The lowest BCUT2D eigenvalue weighted by molar-refractivity contribution is 0.203. The fraction of sp³-hybridized carbons (Fsp3) is 0.303. The van der Waals surface area contributed by atoms with Gasteiger partial charge < -0.3 is 24.4 Å². The maximum Gasteiger partial charge on any atom is 0.339 e. The van der Waals surface area contributed by atoms with Crippen LogP contribution >= 0.6 is 0 Å². The van der Waals surface area contributed by atoms with Gasteiger partial charge in [0.05, 0.1) is 25.4 Å². The minimum absolute atomic E-state index is 0.000984. The van der Waals surface area contributed by atoms with Gasteiger partial charge >= 0.3 is 6.03 Å². The van der Waals surface area contributed by atoms with Crippen LogP contribution in [-0.4, -0.2) is 55.5 Å². The summed E-state index contributed by atoms with van der Waals surface area (Å²) in [5.74, 6) is 0.421. The summed E-state index contributed by atoms with van der Waals surface area (Å²) in [5, 5.41) is 6.99. The van der Waals surface area contributed by atoms with E-state index < -0.39 is 17.7 Å². The topological polar surface area (TPSA) is 97.3 Å². The molecule has 4 aromatic rings. The number of likely N-dealkylation sites (tertiary alicyclic amines) is 1. The molecule has 1 aliphatic rings. The highest BCUT2D eigenvalue weighted by molar-refractivity contribution is 5.91. The predicted molar refractivity (Wildman–Crippen MR) is 166 cm³/mol. The average molecular weight is 604 g/mol. The molecule has 1 aliphatic heterocycles. The number of anilines is 1. The maximum absolute atomic E-state index is 15.0. The maximum atomic E-state index is 15.0.